The summed E-state index contributed by atoms with van der Waals surface area (Å²) in [6.07, 6.45) is 16.7. The van der Waals surface area contributed by atoms with E-state index in [-0.39, 0.29) is 43.3 Å². The van der Waals surface area contributed by atoms with Crippen LogP contribution in [0.5, 0.6) is 0 Å². The summed E-state index contributed by atoms with van der Waals surface area (Å²) in [4.78, 5) is 34.2. The van der Waals surface area contributed by atoms with Gasteiger partial charge in [-0.1, -0.05) is 360 Å². The lowest BCUT2D eigenvalue weighted by Crippen LogP contribution is -2.14. The third kappa shape index (κ3) is 27.6. The zero-order chi connectivity index (χ0) is 88.5. The van der Waals surface area contributed by atoms with Gasteiger partial charge in [0, 0.05) is 133 Å². The summed E-state index contributed by atoms with van der Waals surface area (Å²) < 4.78 is 0. The number of pyridine rings is 5. The van der Waals surface area contributed by atoms with Gasteiger partial charge in [-0.3, -0.25) is 24.9 Å². The molecule has 9 nitrogen and oxygen atoms in total. The fraction of sp³-hybridized carbons (Fsp3) is 0.283. The van der Waals surface area contributed by atoms with E-state index in [1.165, 1.54) is 105 Å². The van der Waals surface area contributed by atoms with E-state index in [9.17, 15) is 0 Å². The first-order chi connectivity index (χ1) is 57.7. The molecule has 0 saturated heterocycles. The van der Waals surface area contributed by atoms with Crippen LogP contribution >= 0.6 is 0 Å². The number of benzene rings is 10. The van der Waals surface area contributed by atoms with E-state index in [2.05, 4.69) is 490 Å². The molecule has 16 aromatic rings. The number of aromatic nitrogens is 7. The maximum Gasteiger partial charge on any atom is 0.115 e. The lowest BCUT2D eigenvalue weighted by Gasteiger charge is -2.27. The van der Waals surface area contributed by atoms with E-state index < -0.39 is 0 Å². The number of fused-ring (bicyclic) bond motifs is 4. The molecule has 0 unspecified atom stereocenters. The molecule has 0 aliphatic carbocycles. The first-order valence-corrected chi connectivity index (χ1v) is 42.7. The molecule has 0 aliphatic rings. The minimum absolute atomic E-state index is 0.112. The Bertz CT molecular complexity index is 5460. The van der Waals surface area contributed by atoms with Crippen molar-refractivity contribution in [2.45, 2.75) is 209 Å². The molecule has 10 aromatic carbocycles. The van der Waals surface area contributed by atoms with Crippen LogP contribution in [-0.4, -0.2) is 34.9 Å². The number of para-hydroxylation sites is 5. The molecule has 0 aliphatic heterocycles. The molecule has 0 spiro atoms. The summed E-state index contributed by atoms with van der Waals surface area (Å²) in [6.45, 7) is 52.9. The topological polar surface area (TPSA) is 96.7 Å². The van der Waals surface area contributed by atoms with Crippen LogP contribution in [0.1, 0.15) is 211 Å². The highest BCUT2D eigenvalue weighted by Gasteiger charge is 2.23. The van der Waals surface area contributed by atoms with E-state index in [0.717, 1.165) is 16.9 Å². The predicted molar refractivity (Wildman–Crippen MR) is 525 cm³/mol. The van der Waals surface area contributed by atoms with E-state index >= 15 is 0 Å². The van der Waals surface area contributed by atoms with Crippen LogP contribution in [0, 0.1) is 0 Å². The highest BCUT2D eigenvalue weighted by Crippen LogP contribution is 2.39. The van der Waals surface area contributed by atoms with Gasteiger partial charge in [-0.05, 0) is 180 Å². The molecule has 6 aromatic heterocycles. The zero-order valence-electron chi connectivity index (χ0n) is 77.1. The standard InChI is InChI=1S/2C22H23N.4C13H15N.C9H13N.C8H12N2/c1-22(2,3)18-11-10-16-21(17-18)23(19-12-6-4-7-13-19)20-14-8-5-9-15-20;1-22(2,3)18-14-16-21(17-15-18)23(19-10-6-4-7-11-19)20-12-8-5-9-13-20;1-13(2,3)12-9-14-8-10-6-4-5-7-11(10)12;1-13(2,3)12-8-10-6-4-5-7-11(10)9-14-12;1-13(2,3)11-8-9-14-12-7-5-4-6-10(11)12;1-13(2,3)12-11-7-5-4-6-10(11)8-9-14-12;1-9(2,3)8-5-4-6-10-7-8;1-8(2,3)7-4-5-9-6-10-7/h2*4-17H,1-3H3;4*4-9H,1-3H3;4-7H,1-3H3;4-6H,1-3H3. The van der Waals surface area contributed by atoms with Crippen molar-refractivity contribution in [2.24, 2.45) is 0 Å². The zero-order valence-corrected chi connectivity index (χ0v) is 77.1. The summed E-state index contributed by atoms with van der Waals surface area (Å²) in [5.74, 6) is 0. The normalized spacial score (nSPS) is 11.6. The Balaban J connectivity index is 0.000000161. The fourth-order valence-electron chi connectivity index (χ4n) is 13.6. The largest absolute Gasteiger partial charge is 0.311 e. The maximum atomic E-state index is 4.48. The van der Waals surface area contributed by atoms with Gasteiger partial charge >= 0.3 is 0 Å². The predicted octanol–water partition coefficient (Wildman–Crippen LogP) is 31.2. The summed E-state index contributed by atoms with van der Waals surface area (Å²) in [6, 6.07) is 106. The third-order valence-corrected chi connectivity index (χ3v) is 20.6. The van der Waals surface area contributed by atoms with Crippen molar-refractivity contribution in [3.63, 3.8) is 0 Å². The molecule has 0 N–H and O–H groups in total. The van der Waals surface area contributed by atoms with Crippen LogP contribution in [0.4, 0.5) is 34.1 Å². The monoisotopic (exact) mass is 1610 g/mol. The average Bonchev–Trinajstić information content (AvgIpc) is 0.826. The molecular formula is C113H131N9. The Morgan fingerprint density at radius 2 is 0.648 bits per heavy atom. The van der Waals surface area contributed by atoms with Crippen LogP contribution in [0.2, 0.25) is 0 Å². The van der Waals surface area contributed by atoms with Gasteiger partial charge in [0.05, 0.1) is 11.2 Å². The summed E-state index contributed by atoms with van der Waals surface area (Å²) in [5, 5.41) is 8.82. The van der Waals surface area contributed by atoms with Crippen molar-refractivity contribution in [2.75, 3.05) is 9.80 Å². The van der Waals surface area contributed by atoms with Crippen molar-refractivity contribution < 1.29 is 0 Å². The van der Waals surface area contributed by atoms with Gasteiger partial charge in [-0.2, -0.15) is 0 Å². The second-order valence-electron chi connectivity index (χ2n) is 39.0. The van der Waals surface area contributed by atoms with Crippen LogP contribution in [0.3, 0.4) is 0 Å². The smallest absolute Gasteiger partial charge is 0.115 e. The number of hydrogen-bond donors (Lipinski definition) is 0. The van der Waals surface area contributed by atoms with Gasteiger partial charge in [0.25, 0.3) is 0 Å². The first-order valence-electron chi connectivity index (χ1n) is 42.7. The highest BCUT2D eigenvalue weighted by atomic mass is 15.1. The fourth-order valence-corrected chi connectivity index (χ4v) is 13.6. The van der Waals surface area contributed by atoms with Crippen molar-refractivity contribution in [3.05, 3.63) is 404 Å². The molecule has 0 saturated carbocycles. The van der Waals surface area contributed by atoms with Crippen molar-refractivity contribution in [1.29, 1.82) is 0 Å². The van der Waals surface area contributed by atoms with Gasteiger partial charge < -0.3 is 9.80 Å². The molecule has 0 radical (unpaired) electrons. The molecule has 9 heteroatoms. The van der Waals surface area contributed by atoms with Crippen molar-refractivity contribution in [3.8, 4) is 0 Å². The molecule has 0 atom stereocenters. The van der Waals surface area contributed by atoms with Gasteiger partial charge in [0.1, 0.15) is 6.33 Å². The third-order valence-electron chi connectivity index (χ3n) is 20.6. The molecule has 0 amide bonds. The molecule has 122 heavy (non-hydrogen) atoms. The number of nitrogens with zero attached hydrogens (tertiary/aromatic N) is 9. The maximum absolute atomic E-state index is 4.48. The summed E-state index contributed by atoms with van der Waals surface area (Å²) in [5.41, 5.74) is 19.5. The molecule has 628 valence electrons. The minimum atomic E-state index is 0.112. The molecule has 6 heterocycles. The van der Waals surface area contributed by atoms with Crippen LogP contribution in [0.25, 0.3) is 43.2 Å². The molecule has 16 rings (SSSR count). The molecule has 0 fully saturated rings. The first kappa shape index (κ1) is 93.5. The van der Waals surface area contributed by atoms with E-state index in [1.807, 2.05) is 61.4 Å². The quantitative estimate of drug-likeness (QED) is 0.161. The lowest BCUT2D eigenvalue weighted by atomic mass is 9.85. The number of hydrogen-bond acceptors (Lipinski definition) is 9. The van der Waals surface area contributed by atoms with Gasteiger partial charge in [0.15, 0.2) is 0 Å². The van der Waals surface area contributed by atoms with Crippen molar-refractivity contribution >= 4 is 77.3 Å². The molecular weight excluding hydrogens is 1480 g/mol. The summed E-state index contributed by atoms with van der Waals surface area (Å²) >= 11 is 0. The Labute approximate surface area is 731 Å². The van der Waals surface area contributed by atoms with Gasteiger partial charge in [0.2, 0.25) is 0 Å². The highest BCUT2D eigenvalue weighted by molar-refractivity contribution is 5.87. The van der Waals surface area contributed by atoms with Crippen molar-refractivity contribution in [1.82, 2.24) is 34.9 Å². The molecule has 0 bridgehead atoms. The number of rotatable bonds is 6. The Hall–Kier alpha value is -12.3. The number of anilines is 6. The van der Waals surface area contributed by atoms with Gasteiger partial charge in [-0.25, -0.2) is 9.97 Å². The summed E-state index contributed by atoms with van der Waals surface area (Å²) in [7, 11) is 0. The van der Waals surface area contributed by atoms with Crippen LogP contribution in [0.15, 0.2) is 359 Å². The average molecular weight is 1620 g/mol. The second kappa shape index (κ2) is 41.8. The van der Waals surface area contributed by atoms with Crippen LogP contribution < -0.4 is 9.80 Å². The Kier molecular flexibility index (Phi) is 32.0. The van der Waals surface area contributed by atoms with E-state index in [0.29, 0.717) is 0 Å². The van der Waals surface area contributed by atoms with E-state index in [4.69, 9.17) is 0 Å². The SMILES string of the molecule is CC(C)(C)c1cc2ccccc2cn1.CC(C)(C)c1ccc(N(c2ccccc2)c2ccccc2)cc1.CC(C)(C)c1cccc(N(c2ccccc2)c2ccccc2)c1.CC(C)(C)c1cccnc1.CC(C)(C)c1ccnc2ccccc12.CC(C)(C)c1ccncn1.CC(C)(C)c1cncc2ccccc12.CC(C)(C)c1nccc2ccccc12. The van der Waals surface area contributed by atoms with Crippen LogP contribution in [-0.2, 0) is 43.3 Å². The Morgan fingerprint density at radius 1 is 0.205 bits per heavy atom. The lowest BCUT2D eigenvalue weighted by molar-refractivity contribution is 0.567. The second-order valence-corrected chi connectivity index (χ2v) is 39.0. The van der Waals surface area contributed by atoms with Gasteiger partial charge in [-0.15, -0.1) is 0 Å². The Morgan fingerprint density at radius 3 is 1.11 bits per heavy atom. The minimum Gasteiger partial charge on any atom is -0.311 e. The van der Waals surface area contributed by atoms with E-state index in [1.54, 1.807) is 18.7 Å².